The molecule has 2 aliphatic carbocycles. The maximum atomic E-state index is 12.5. The molecule has 0 saturated heterocycles. The summed E-state index contributed by atoms with van der Waals surface area (Å²) in [6.45, 7) is 1.68. The van der Waals surface area contributed by atoms with Crippen LogP contribution in [0.3, 0.4) is 0 Å². The van der Waals surface area contributed by atoms with Crippen molar-refractivity contribution in [1.29, 1.82) is 0 Å². The Morgan fingerprint density at radius 3 is 2.35 bits per heavy atom. The van der Waals surface area contributed by atoms with Gasteiger partial charge in [-0.05, 0) is 32.6 Å². The lowest BCUT2D eigenvalue weighted by atomic mass is 10.0. The molecule has 0 spiro atoms. The van der Waals surface area contributed by atoms with Crippen molar-refractivity contribution in [3.05, 3.63) is 0 Å². The van der Waals surface area contributed by atoms with Crippen LogP contribution in [-0.4, -0.2) is 30.5 Å². The molecule has 100 valence electrons. The van der Waals surface area contributed by atoms with Gasteiger partial charge in [0, 0.05) is 12.6 Å². The predicted molar refractivity (Wildman–Crippen MR) is 58.8 cm³/mol. The van der Waals surface area contributed by atoms with Gasteiger partial charge < -0.3 is 10.1 Å². The molecular formula is C12H20F3NO. The molecule has 17 heavy (non-hydrogen) atoms. The third-order valence-corrected chi connectivity index (χ3v) is 3.69. The number of alkyl halides is 3. The first-order valence-corrected chi connectivity index (χ1v) is 6.39. The summed E-state index contributed by atoms with van der Waals surface area (Å²) < 4.78 is 43.0. The summed E-state index contributed by atoms with van der Waals surface area (Å²) in [7, 11) is 0. The van der Waals surface area contributed by atoms with Crippen LogP contribution in [0.15, 0.2) is 0 Å². The van der Waals surface area contributed by atoms with Gasteiger partial charge in [-0.2, -0.15) is 13.2 Å². The molecule has 2 fully saturated rings. The van der Waals surface area contributed by atoms with Crippen LogP contribution < -0.4 is 5.32 Å². The monoisotopic (exact) mass is 251 g/mol. The summed E-state index contributed by atoms with van der Waals surface area (Å²) in [6.07, 6.45) is -0.208. The largest absolute Gasteiger partial charge is 0.414 e. The summed E-state index contributed by atoms with van der Waals surface area (Å²) >= 11 is 0. The van der Waals surface area contributed by atoms with Crippen LogP contribution in [0, 0.1) is 0 Å². The summed E-state index contributed by atoms with van der Waals surface area (Å²) in [4.78, 5) is 0. The van der Waals surface area contributed by atoms with E-state index in [0.29, 0.717) is 12.6 Å². The quantitative estimate of drug-likeness (QED) is 0.811. The van der Waals surface area contributed by atoms with Gasteiger partial charge in [0.05, 0.1) is 5.60 Å². The Labute approximate surface area is 99.9 Å². The topological polar surface area (TPSA) is 21.3 Å². The lowest BCUT2D eigenvalue weighted by molar-refractivity contribution is -0.245. The Hall–Kier alpha value is -0.290. The molecule has 0 aromatic carbocycles. The van der Waals surface area contributed by atoms with Crippen molar-refractivity contribution in [2.24, 2.45) is 0 Å². The highest BCUT2D eigenvalue weighted by Crippen LogP contribution is 2.37. The third kappa shape index (κ3) is 3.58. The van der Waals surface area contributed by atoms with Crippen LogP contribution in [0.25, 0.3) is 0 Å². The Balaban J connectivity index is 1.90. The highest BCUT2D eigenvalue weighted by molar-refractivity contribution is 4.93. The molecule has 5 heteroatoms. The SMILES string of the molecule is CC(OC1(CNC2CC2)CCCC1)C(F)(F)F. The van der Waals surface area contributed by atoms with E-state index >= 15 is 0 Å². The van der Waals surface area contributed by atoms with E-state index in [-0.39, 0.29) is 0 Å². The van der Waals surface area contributed by atoms with Gasteiger partial charge in [-0.25, -0.2) is 0 Å². The summed E-state index contributed by atoms with van der Waals surface area (Å²) in [5.41, 5.74) is -0.586. The number of ether oxygens (including phenoxy) is 1. The normalized spacial score (nSPS) is 26.1. The Morgan fingerprint density at radius 2 is 1.88 bits per heavy atom. The zero-order valence-corrected chi connectivity index (χ0v) is 10.1. The Kier molecular flexibility index (Phi) is 3.69. The first-order chi connectivity index (χ1) is 7.91. The number of halogens is 3. The first-order valence-electron chi connectivity index (χ1n) is 6.39. The van der Waals surface area contributed by atoms with E-state index < -0.39 is 17.9 Å². The average Bonchev–Trinajstić information content (AvgIpc) is 2.96. The van der Waals surface area contributed by atoms with E-state index in [1.54, 1.807) is 0 Å². The third-order valence-electron chi connectivity index (χ3n) is 3.69. The number of nitrogens with one attached hydrogen (secondary N) is 1. The van der Waals surface area contributed by atoms with Gasteiger partial charge >= 0.3 is 6.18 Å². The van der Waals surface area contributed by atoms with Gasteiger partial charge in [-0.15, -0.1) is 0 Å². The van der Waals surface area contributed by atoms with Gasteiger partial charge in [0.25, 0.3) is 0 Å². The highest BCUT2D eigenvalue weighted by atomic mass is 19.4. The van der Waals surface area contributed by atoms with Crippen molar-refractivity contribution < 1.29 is 17.9 Å². The molecule has 0 bridgehead atoms. The van der Waals surface area contributed by atoms with Crippen molar-refractivity contribution in [2.75, 3.05) is 6.54 Å². The second kappa shape index (κ2) is 4.76. The van der Waals surface area contributed by atoms with Crippen LogP contribution in [0.2, 0.25) is 0 Å². The molecule has 0 aromatic rings. The fourth-order valence-electron chi connectivity index (χ4n) is 2.42. The molecule has 1 atom stereocenters. The Bertz CT molecular complexity index is 257. The number of rotatable bonds is 5. The van der Waals surface area contributed by atoms with E-state index in [1.165, 1.54) is 0 Å². The molecule has 0 heterocycles. The molecule has 2 rings (SSSR count). The number of hydrogen-bond acceptors (Lipinski definition) is 2. The van der Waals surface area contributed by atoms with Crippen molar-refractivity contribution in [3.63, 3.8) is 0 Å². The maximum Gasteiger partial charge on any atom is 0.414 e. The van der Waals surface area contributed by atoms with Crippen LogP contribution in [0.4, 0.5) is 13.2 Å². The first kappa shape index (κ1) is 13.1. The van der Waals surface area contributed by atoms with Crippen LogP contribution in [0.5, 0.6) is 0 Å². The van der Waals surface area contributed by atoms with Gasteiger partial charge in [-0.1, -0.05) is 12.8 Å². The van der Waals surface area contributed by atoms with Crippen molar-refractivity contribution in [3.8, 4) is 0 Å². The van der Waals surface area contributed by atoms with Gasteiger partial charge in [0.1, 0.15) is 0 Å². The van der Waals surface area contributed by atoms with Gasteiger partial charge in [0.15, 0.2) is 6.10 Å². The zero-order chi connectivity index (χ0) is 12.5. The molecule has 0 aromatic heterocycles. The molecule has 0 radical (unpaired) electrons. The summed E-state index contributed by atoms with van der Waals surface area (Å²) in [5, 5.41) is 3.30. The van der Waals surface area contributed by atoms with Crippen LogP contribution >= 0.6 is 0 Å². The number of hydrogen-bond donors (Lipinski definition) is 1. The van der Waals surface area contributed by atoms with E-state index in [0.717, 1.165) is 45.4 Å². The van der Waals surface area contributed by atoms with Crippen molar-refractivity contribution in [2.45, 2.75) is 69.4 Å². The fraction of sp³-hybridized carbons (Fsp3) is 1.00. The van der Waals surface area contributed by atoms with Crippen LogP contribution in [0.1, 0.15) is 45.4 Å². The second-order valence-corrected chi connectivity index (χ2v) is 5.35. The van der Waals surface area contributed by atoms with E-state index in [9.17, 15) is 13.2 Å². The fourth-order valence-corrected chi connectivity index (χ4v) is 2.42. The molecule has 2 nitrogen and oxygen atoms in total. The van der Waals surface area contributed by atoms with Crippen molar-refractivity contribution in [1.82, 2.24) is 5.32 Å². The standard InChI is InChI=1S/C12H20F3NO/c1-9(12(13,14)15)17-11(6-2-3-7-11)8-16-10-4-5-10/h9-10,16H,2-8H2,1H3. The van der Waals surface area contributed by atoms with Crippen LogP contribution in [-0.2, 0) is 4.74 Å². The maximum absolute atomic E-state index is 12.5. The Morgan fingerprint density at radius 1 is 1.29 bits per heavy atom. The van der Waals surface area contributed by atoms with Gasteiger partial charge in [0.2, 0.25) is 0 Å². The minimum atomic E-state index is -4.25. The molecule has 0 amide bonds. The van der Waals surface area contributed by atoms with E-state index in [4.69, 9.17) is 4.74 Å². The minimum Gasteiger partial charge on any atom is -0.361 e. The minimum absolute atomic E-state index is 0.511. The van der Waals surface area contributed by atoms with Crippen molar-refractivity contribution >= 4 is 0 Å². The molecule has 1 unspecified atom stereocenters. The smallest absolute Gasteiger partial charge is 0.361 e. The van der Waals surface area contributed by atoms with E-state index in [2.05, 4.69) is 5.32 Å². The summed E-state index contributed by atoms with van der Waals surface area (Å²) in [5.74, 6) is 0. The molecule has 2 aliphatic rings. The summed E-state index contributed by atoms with van der Waals surface area (Å²) in [6, 6.07) is 0.511. The average molecular weight is 251 g/mol. The lowest BCUT2D eigenvalue weighted by Crippen LogP contribution is -2.46. The molecular weight excluding hydrogens is 231 g/mol. The molecule has 2 saturated carbocycles. The van der Waals surface area contributed by atoms with Gasteiger partial charge in [-0.3, -0.25) is 0 Å². The highest BCUT2D eigenvalue weighted by Gasteiger charge is 2.45. The second-order valence-electron chi connectivity index (χ2n) is 5.35. The predicted octanol–water partition coefficient (Wildman–Crippen LogP) is 3.02. The molecule has 0 aliphatic heterocycles. The zero-order valence-electron chi connectivity index (χ0n) is 10.1. The lowest BCUT2D eigenvalue weighted by Gasteiger charge is -2.33. The molecule has 1 N–H and O–H groups in total. The van der Waals surface area contributed by atoms with E-state index in [1.807, 2.05) is 0 Å².